The number of benzene rings is 1. The zero-order valence-corrected chi connectivity index (χ0v) is 8.78. The normalized spacial score (nSPS) is 8.50. The van der Waals surface area contributed by atoms with Crippen molar-refractivity contribution in [2.45, 2.75) is 20.8 Å². The van der Waals surface area contributed by atoms with Crippen LogP contribution < -0.4 is 0 Å². The molecule has 0 spiro atoms. The molecule has 1 aromatic rings. The topological polar surface area (TPSA) is 46.5 Å². The highest BCUT2D eigenvalue weighted by Crippen LogP contribution is 2.16. The second-order valence-corrected chi connectivity index (χ2v) is 2.24. The molecule has 0 atom stereocenters. The highest BCUT2D eigenvalue weighted by atomic mass is 16.5. The molecule has 0 saturated heterocycles. The summed E-state index contributed by atoms with van der Waals surface area (Å²) in [6, 6.07) is 6.30. The first-order valence-electron chi connectivity index (χ1n) is 4.70. The fourth-order valence-corrected chi connectivity index (χ4v) is 0.855. The number of aromatic hydroxyl groups is 1. The van der Waals surface area contributed by atoms with Crippen LogP contribution in [0.4, 0.5) is 0 Å². The summed E-state index contributed by atoms with van der Waals surface area (Å²) in [7, 11) is 0. The van der Waals surface area contributed by atoms with Crippen LogP contribution in [0.25, 0.3) is 0 Å². The van der Waals surface area contributed by atoms with E-state index < -0.39 is 5.97 Å². The van der Waals surface area contributed by atoms with Gasteiger partial charge in [0, 0.05) is 0 Å². The van der Waals surface area contributed by atoms with Gasteiger partial charge in [0.05, 0.1) is 6.61 Å². The van der Waals surface area contributed by atoms with Gasteiger partial charge in [0.15, 0.2) is 0 Å². The predicted molar refractivity (Wildman–Crippen MR) is 55.4 cm³/mol. The first-order valence-corrected chi connectivity index (χ1v) is 4.70. The van der Waals surface area contributed by atoms with Gasteiger partial charge in [-0.1, -0.05) is 26.0 Å². The molecular formula is C11H16O3. The van der Waals surface area contributed by atoms with Gasteiger partial charge in [-0.2, -0.15) is 0 Å². The molecule has 1 N–H and O–H groups in total. The SMILES string of the molecule is CC.CCOC(=O)c1ccccc1O. The molecular weight excluding hydrogens is 180 g/mol. The summed E-state index contributed by atoms with van der Waals surface area (Å²) in [5.41, 5.74) is 0.208. The summed E-state index contributed by atoms with van der Waals surface area (Å²) in [6.07, 6.45) is 0. The number of para-hydroxylation sites is 1. The second-order valence-electron chi connectivity index (χ2n) is 2.24. The van der Waals surface area contributed by atoms with Crippen LogP contribution in [0.15, 0.2) is 24.3 Å². The smallest absolute Gasteiger partial charge is 0.341 e. The standard InChI is InChI=1S/C9H10O3.C2H6/c1-2-12-9(11)7-5-3-4-6-8(7)10;1-2/h3-6,10H,2H2,1H3;1-2H3. The molecule has 0 fully saturated rings. The van der Waals surface area contributed by atoms with Crippen molar-refractivity contribution in [3.8, 4) is 5.75 Å². The van der Waals surface area contributed by atoms with Gasteiger partial charge in [-0.05, 0) is 19.1 Å². The number of ether oxygens (including phenoxy) is 1. The maximum atomic E-state index is 11.1. The number of phenolic OH excluding ortho intramolecular Hbond substituents is 1. The van der Waals surface area contributed by atoms with Gasteiger partial charge in [0.2, 0.25) is 0 Å². The van der Waals surface area contributed by atoms with Crippen molar-refractivity contribution in [1.29, 1.82) is 0 Å². The molecule has 0 bridgehead atoms. The molecule has 0 aliphatic carbocycles. The van der Waals surface area contributed by atoms with E-state index in [0.29, 0.717) is 6.61 Å². The number of rotatable bonds is 2. The Morgan fingerprint density at radius 2 is 1.93 bits per heavy atom. The van der Waals surface area contributed by atoms with Gasteiger partial charge >= 0.3 is 5.97 Å². The van der Waals surface area contributed by atoms with Gasteiger partial charge in [-0.25, -0.2) is 4.79 Å². The van der Waals surface area contributed by atoms with Gasteiger partial charge in [0.25, 0.3) is 0 Å². The Kier molecular flexibility index (Phi) is 6.20. The summed E-state index contributed by atoms with van der Waals surface area (Å²) in [5, 5.41) is 9.21. The van der Waals surface area contributed by atoms with Crippen LogP contribution in [0.2, 0.25) is 0 Å². The molecule has 0 saturated carbocycles. The van der Waals surface area contributed by atoms with E-state index in [-0.39, 0.29) is 11.3 Å². The van der Waals surface area contributed by atoms with Crippen LogP contribution >= 0.6 is 0 Å². The zero-order chi connectivity index (χ0) is 11.0. The van der Waals surface area contributed by atoms with Crippen molar-refractivity contribution in [3.05, 3.63) is 29.8 Å². The summed E-state index contributed by atoms with van der Waals surface area (Å²) in [5.74, 6) is -0.536. The van der Waals surface area contributed by atoms with E-state index >= 15 is 0 Å². The lowest BCUT2D eigenvalue weighted by Gasteiger charge is -2.02. The van der Waals surface area contributed by atoms with Crippen LogP contribution in [-0.2, 0) is 4.74 Å². The predicted octanol–water partition coefficient (Wildman–Crippen LogP) is 2.60. The zero-order valence-electron chi connectivity index (χ0n) is 8.78. The molecule has 0 aliphatic heterocycles. The lowest BCUT2D eigenvalue weighted by Crippen LogP contribution is -2.04. The van der Waals surface area contributed by atoms with Gasteiger partial charge in [-0.15, -0.1) is 0 Å². The lowest BCUT2D eigenvalue weighted by molar-refractivity contribution is 0.0523. The van der Waals surface area contributed by atoms with E-state index in [4.69, 9.17) is 4.74 Å². The van der Waals surface area contributed by atoms with E-state index in [2.05, 4.69) is 0 Å². The molecule has 0 aromatic heterocycles. The summed E-state index contributed by atoms with van der Waals surface area (Å²) < 4.78 is 4.71. The van der Waals surface area contributed by atoms with Crippen molar-refractivity contribution in [3.63, 3.8) is 0 Å². The van der Waals surface area contributed by atoms with E-state index in [9.17, 15) is 9.90 Å². The lowest BCUT2D eigenvalue weighted by atomic mass is 10.2. The molecule has 1 aromatic carbocycles. The molecule has 0 aliphatic rings. The number of carbonyl (C=O) groups excluding carboxylic acids is 1. The Morgan fingerprint density at radius 1 is 1.36 bits per heavy atom. The maximum absolute atomic E-state index is 11.1. The van der Waals surface area contributed by atoms with Crippen LogP contribution in [0.3, 0.4) is 0 Å². The van der Waals surface area contributed by atoms with E-state index in [1.165, 1.54) is 12.1 Å². The Bertz CT molecular complexity index is 282. The minimum Gasteiger partial charge on any atom is -0.507 e. The number of phenols is 1. The second kappa shape index (κ2) is 6.95. The van der Waals surface area contributed by atoms with Crippen molar-refractivity contribution in [2.24, 2.45) is 0 Å². The monoisotopic (exact) mass is 196 g/mol. The highest BCUT2D eigenvalue weighted by molar-refractivity contribution is 5.92. The Balaban J connectivity index is 0.000000791. The molecule has 3 nitrogen and oxygen atoms in total. The number of carbonyl (C=O) groups is 1. The number of esters is 1. The van der Waals surface area contributed by atoms with E-state index in [1.807, 2.05) is 13.8 Å². The first kappa shape index (κ1) is 12.5. The average Bonchev–Trinajstić information content (AvgIpc) is 2.22. The van der Waals surface area contributed by atoms with Crippen LogP contribution in [0, 0.1) is 0 Å². The molecule has 14 heavy (non-hydrogen) atoms. The largest absolute Gasteiger partial charge is 0.507 e. The van der Waals surface area contributed by atoms with E-state index in [0.717, 1.165) is 0 Å². The molecule has 0 unspecified atom stereocenters. The molecule has 3 heteroatoms. The molecule has 78 valence electrons. The van der Waals surface area contributed by atoms with Crippen LogP contribution in [0.5, 0.6) is 5.75 Å². The third-order valence-electron chi connectivity index (χ3n) is 1.40. The fourth-order valence-electron chi connectivity index (χ4n) is 0.855. The quantitative estimate of drug-likeness (QED) is 0.739. The number of hydrogen-bond donors (Lipinski definition) is 1. The summed E-state index contributed by atoms with van der Waals surface area (Å²) >= 11 is 0. The van der Waals surface area contributed by atoms with Gasteiger partial charge in [0.1, 0.15) is 11.3 Å². The van der Waals surface area contributed by atoms with Crippen molar-refractivity contribution in [2.75, 3.05) is 6.61 Å². The third-order valence-corrected chi connectivity index (χ3v) is 1.40. The molecule has 1 rings (SSSR count). The van der Waals surface area contributed by atoms with Gasteiger partial charge < -0.3 is 9.84 Å². The van der Waals surface area contributed by atoms with Crippen molar-refractivity contribution >= 4 is 5.97 Å². The highest BCUT2D eigenvalue weighted by Gasteiger charge is 2.09. The van der Waals surface area contributed by atoms with E-state index in [1.54, 1.807) is 19.1 Å². The van der Waals surface area contributed by atoms with Crippen LogP contribution in [-0.4, -0.2) is 17.7 Å². The third kappa shape index (κ3) is 3.47. The summed E-state index contributed by atoms with van der Waals surface area (Å²) in [6.45, 7) is 6.03. The fraction of sp³-hybridized carbons (Fsp3) is 0.364. The Labute approximate surface area is 84.3 Å². The first-order chi connectivity index (χ1) is 6.75. The van der Waals surface area contributed by atoms with Gasteiger partial charge in [-0.3, -0.25) is 0 Å². The number of hydrogen-bond acceptors (Lipinski definition) is 3. The van der Waals surface area contributed by atoms with Crippen molar-refractivity contribution < 1.29 is 14.6 Å². The minimum atomic E-state index is -0.490. The molecule has 0 radical (unpaired) electrons. The molecule has 0 amide bonds. The molecule has 0 heterocycles. The maximum Gasteiger partial charge on any atom is 0.341 e. The average molecular weight is 196 g/mol. The Hall–Kier alpha value is -1.51. The Morgan fingerprint density at radius 3 is 2.43 bits per heavy atom. The summed E-state index contributed by atoms with van der Waals surface area (Å²) in [4.78, 5) is 11.1. The van der Waals surface area contributed by atoms with Crippen LogP contribution in [0.1, 0.15) is 31.1 Å². The minimum absolute atomic E-state index is 0.0454. The van der Waals surface area contributed by atoms with Crippen molar-refractivity contribution in [1.82, 2.24) is 0 Å².